The van der Waals surface area contributed by atoms with Crippen molar-refractivity contribution < 1.29 is 23.4 Å². The molecule has 4 aliphatic carbocycles. The van der Waals surface area contributed by atoms with Gasteiger partial charge < -0.3 is 14.6 Å². The fourth-order valence-electron chi connectivity index (χ4n) is 5.01. The van der Waals surface area contributed by atoms with Gasteiger partial charge in [0.2, 0.25) is 0 Å². The summed E-state index contributed by atoms with van der Waals surface area (Å²) < 4.78 is 36.6. The Bertz CT molecular complexity index is 364. The first-order chi connectivity index (χ1) is 9.24. The Morgan fingerprint density at radius 3 is 2.30 bits per heavy atom. The van der Waals surface area contributed by atoms with E-state index in [-0.39, 0.29) is 5.60 Å². The molecule has 2 unspecified atom stereocenters. The van der Waals surface area contributed by atoms with Crippen LogP contribution < -0.4 is 0 Å². The van der Waals surface area contributed by atoms with E-state index in [1.807, 2.05) is 0 Å². The van der Waals surface area contributed by atoms with Gasteiger partial charge in [-0.15, -0.1) is 0 Å². The summed E-state index contributed by atoms with van der Waals surface area (Å²) in [5, 5.41) is 10.6. The fourth-order valence-corrected chi connectivity index (χ4v) is 5.01. The average Bonchev–Trinajstić information content (AvgIpc) is 2.29. The Labute approximate surface area is 118 Å². The lowest BCUT2D eigenvalue weighted by atomic mass is 9.48. The van der Waals surface area contributed by atoms with E-state index in [4.69, 9.17) is 9.47 Å². The van der Waals surface area contributed by atoms with Crippen LogP contribution in [0.25, 0.3) is 0 Å². The topological polar surface area (TPSA) is 38.7 Å². The molecule has 4 rings (SSSR count). The minimum atomic E-state index is -2.77. The van der Waals surface area contributed by atoms with E-state index in [9.17, 15) is 13.9 Å². The Kier molecular flexibility index (Phi) is 3.39. The van der Waals surface area contributed by atoms with Gasteiger partial charge in [0.25, 0.3) is 5.92 Å². The second-order valence-electron chi connectivity index (χ2n) is 7.37. The second kappa shape index (κ2) is 4.62. The summed E-state index contributed by atoms with van der Waals surface area (Å²) in [7, 11) is 1.72. The fraction of sp³-hybridized carbons (Fsp3) is 1.00. The predicted octanol–water partition coefficient (Wildman–Crippen LogP) is 2.61. The molecular formula is C15H24F2O3. The number of hydrogen-bond donors (Lipinski definition) is 1. The standard InChI is InChI=1S/C15H24F2O3/c1-13(16,17)9-20-7-12-10-3-14(18)4-11(12)6-15(5-10,8-14)19-2/h10-12,18H,3-9H2,1-2H3. The molecule has 3 nitrogen and oxygen atoms in total. The van der Waals surface area contributed by atoms with Gasteiger partial charge in [0.15, 0.2) is 0 Å². The summed E-state index contributed by atoms with van der Waals surface area (Å²) in [5.41, 5.74) is -0.793. The monoisotopic (exact) mass is 290 g/mol. The molecule has 0 amide bonds. The summed E-state index contributed by atoms with van der Waals surface area (Å²) in [6.07, 6.45) is 4.12. The van der Waals surface area contributed by atoms with Gasteiger partial charge in [-0.3, -0.25) is 0 Å². The first kappa shape index (κ1) is 14.7. The van der Waals surface area contributed by atoms with E-state index < -0.39 is 18.1 Å². The molecule has 0 spiro atoms. The molecule has 20 heavy (non-hydrogen) atoms. The van der Waals surface area contributed by atoms with E-state index in [0.29, 0.717) is 24.4 Å². The first-order valence-electron chi connectivity index (χ1n) is 7.47. The van der Waals surface area contributed by atoms with Crippen LogP contribution in [0.2, 0.25) is 0 Å². The van der Waals surface area contributed by atoms with Crippen molar-refractivity contribution in [2.45, 2.75) is 56.2 Å². The maximum atomic E-state index is 12.8. The third kappa shape index (κ3) is 2.60. The number of hydrogen-bond acceptors (Lipinski definition) is 3. The van der Waals surface area contributed by atoms with Crippen molar-refractivity contribution in [1.29, 1.82) is 0 Å². The Hall–Kier alpha value is -0.260. The van der Waals surface area contributed by atoms with E-state index in [1.165, 1.54) is 0 Å². The van der Waals surface area contributed by atoms with Crippen molar-refractivity contribution in [1.82, 2.24) is 0 Å². The molecule has 4 saturated carbocycles. The zero-order chi connectivity index (χ0) is 14.6. The lowest BCUT2D eigenvalue weighted by Crippen LogP contribution is -2.63. The molecule has 0 aromatic heterocycles. The molecule has 1 N–H and O–H groups in total. The van der Waals surface area contributed by atoms with Crippen LogP contribution in [0, 0.1) is 17.8 Å². The highest BCUT2D eigenvalue weighted by Gasteiger charge is 2.61. The first-order valence-corrected chi connectivity index (χ1v) is 7.47. The van der Waals surface area contributed by atoms with Gasteiger partial charge in [-0.1, -0.05) is 0 Å². The smallest absolute Gasteiger partial charge is 0.268 e. The zero-order valence-corrected chi connectivity index (χ0v) is 12.2. The van der Waals surface area contributed by atoms with Gasteiger partial charge in [-0.2, -0.15) is 0 Å². The maximum Gasteiger partial charge on any atom is 0.268 e. The van der Waals surface area contributed by atoms with Crippen molar-refractivity contribution in [3.63, 3.8) is 0 Å². The molecule has 4 bridgehead atoms. The Morgan fingerprint density at radius 1 is 1.20 bits per heavy atom. The maximum absolute atomic E-state index is 12.8. The molecule has 2 atom stereocenters. The third-order valence-electron chi connectivity index (χ3n) is 5.51. The second-order valence-corrected chi connectivity index (χ2v) is 7.37. The highest BCUT2D eigenvalue weighted by molar-refractivity contribution is 5.12. The third-order valence-corrected chi connectivity index (χ3v) is 5.51. The van der Waals surface area contributed by atoms with Crippen LogP contribution in [0.5, 0.6) is 0 Å². The van der Waals surface area contributed by atoms with E-state index >= 15 is 0 Å². The normalized spacial score (nSPS) is 47.0. The highest BCUT2D eigenvalue weighted by Crippen LogP contribution is 2.60. The predicted molar refractivity (Wildman–Crippen MR) is 69.7 cm³/mol. The molecule has 0 aromatic carbocycles. The van der Waals surface area contributed by atoms with Crippen LogP contribution in [0.15, 0.2) is 0 Å². The van der Waals surface area contributed by atoms with Gasteiger partial charge in [0.05, 0.1) is 17.8 Å². The van der Waals surface area contributed by atoms with Crippen LogP contribution in [0.3, 0.4) is 0 Å². The van der Waals surface area contributed by atoms with Crippen LogP contribution >= 0.6 is 0 Å². The number of alkyl halides is 2. The minimum absolute atomic E-state index is 0.189. The number of halogens is 2. The number of ether oxygens (including phenoxy) is 2. The van der Waals surface area contributed by atoms with Crippen molar-refractivity contribution in [3.05, 3.63) is 0 Å². The largest absolute Gasteiger partial charge is 0.390 e. The number of rotatable bonds is 5. The van der Waals surface area contributed by atoms with Gasteiger partial charge in [-0.25, -0.2) is 8.78 Å². The van der Waals surface area contributed by atoms with E-state index in [0.717, 1.165) is 39.0 Å². The van der Waals surface area contributed by atoms with Crippen LogP contribution in [-0.2, 0) is 9.47 Å². The summed E-state index contributed by atoms with van der Waals surface area (Å²) in [6, 6.07) is 0. The SMILES string of the molecule is COC12CC3CC(O)(CC(C1)C3COCC(C)(F)F)C2. The summed E-state index contributed by atoms with van der Waals surface area (Å²) in [4.78, 5) is 0. The zero-order valence-electron chi connectivity index (χ0n) is 12.2. The Morgan fingerprint density at radius 2 is 1.80 bits per heavy atom. The van der Waals surface area contributed by atoms with Crippen molar-refractivity contribution in [3.8, 4) is 0 Å². The summed E-state index contributed by atoms with van der Waals surface area (Å²) in [5.74, 6) is -1.79. The molecule has 0 saturated heterocycles. The number of methoxy groups -OCH3 is 1. The molecular weight excluding hydrogens is 266 g/mol. The summed E-state index contributed by atoms with van der Waals surface area (Å²) in [6.45, 7) is 0.754. The molecule has 0 aromatic rings. The molecule has 0 heterocycles. The lowest BCUT2D eigenvalue weighted by Gasteiger charge is -2.62. The molecule has 4 aliphatic rings. The summed E-state index contributed by atoms with van der Waals surface area (Å²) >= 11 is 0. The van der Waals surface area contributed by atoms with Crippen LogP contribution in [-0.4, -0.2) is 42.6 Å². The molecule has 116 valence electrons. The van der Waals surface area contributed by atoms with Gasteiger partial charge in [0.1, 0.15) is 6.61 Å². The van der Waals surface area contributed by atoms with Crippen molar-refractivity contribution in [2.75, 3.05) is 20.3 Å². The van der Waals surface area contributed by atoms with Gasteiger partial charge in [0, 0.05) is 20.5 Å². The Balaban J connectivity index is 1.65. The lowest BCUT2D eigenvalue weighted by molar-refractivity contribution is -0.237. The minimum Gasteiger partial charge on any atom is -0.390 e. The van der Waals surface area contributed by atoms with Crippen molar-refractivity contribution in [2.24, 2.45) is 17.8 Å². The molecule has 0 aliphatic heterocycles. The quantitative estimate of drug-likeness (QED) is 0.846. The van der Waals surface area contributed by atoms with Gasteiger partial charge >= 0.3 is 0 Å². The van der Waals surface area contributed by atoms with Gasteiger partial charge in [-0.05, 0) is 43.4 Å². The molecule has 4 fully saturated rings. The van der Waals surface area contributed by atoms with E-state index in [2.05, 4.69) is 0 Å². The highest BCUT2D eigenvalue weighted by atomic mass is 19.3. The molecule has 5 heteroatoms. The average molecular weight is 290 g/mol. The van der Waals surface area contributed by atoms with Crippen LogP contribution in [0.1, 0.15) is 39.0 Å². The number of aliphatic hydroxyl groups is 1. The van der Waals surface area contributed by atoms with Crippen molar-refractivity contribution >= 4 is 0 Å². The molecule has 0 radical (unpaired) electrons. The van der Waals surface area contributed by atoms with Crippen LogP contribution in [0.4, 0.5) is 8.78 Å². The van der Waals surface area contributed by atoms with E-state index in [1.54, 1.807) is 7.11 Å².